The Kier molecular flexibility index (Phi) is 9.61. The maximum Gasteiger partial charge on any atom is 0.255 e. The second-order valence-corrected chi connectivity index (χ2v) is 10.8. The zero-order valence-electron chi connectivity index (χ0n) is 23.2. The molecule has 1 aliphatic heterocycles. The first-order valence-corrected chi connectivity index (χ1v) is 13.9. The van der Waals surface area contributed by atoms with Gasteiger partial charge in [0.05, 0.1) is 12.2 Å². The first-order valence-electron chi connectivity index (χ1n) is 13.9. The predicted molar refractivity (Wildman–Crippen MR) is 162 cm³/mol. The van der Waals surface area contributed by atoms with Crippen LogP contribution in [-0.2, 0) is 0 Å². The van der Waals surface area contributed by atoms with Gasteiger partial charge in [-0.05, 0) is 85.5 Å². The molecule has 41 heavy (non-hydrogen) atoms. The number of amides is 1. The number of nitrogens with one attached hydrogen (secondary N) is 2. The lowest BCUT2D eigenvalue weighted by Crippen LogP contribution is -2.18. The van der Waals surface area contributed by atoms with E-state index in [2.05, 4.69) is 24.5 Å². The Labute approximate surface area is 241 Å². The van der Waals surface area contributed by atoms with Crippen molar-refractivity contribution in [3.05, 3.63) is 77.6 Å². The van der Waals surface area contributed by atoms with Gasteiger partial charge in [0, 0.05) is 48.0 Å². The van der Waals surface area contributed by atoms with Gasteiger partial charge in [-0.15, -0.1) is 0 Å². The molecule has 0 radical (unpaired) electrons. The van der Waals surface area contributed by atoms with Crippen molar-refractivity contribution in [2.45, 2.75) is 40.5 Å². The highest BCUT2D eigenvalue weighted by Gasteiger charge is 2.23. The fourth-order valence-electron chi connectivity index (χ4n) is 5.10. The fraction of sp³-hybridized carbons (Fsp3) is 0.353. The zero-order chi connectivity index (χ0) is 28.2. The number of rotatable bonds is 10. The minimum atomic E-state index is -0.368. The van der Waals surface area contributed by atoms with Crippen molar-refractivity contribution in [2.24, 2.45) is 11.8 Å². The summed E-state index contributed by atoms with van der Waals surface area (Å²) in [4.78, 5) is 26.1. The summed E-state index contributed by atoms with van der Waals surface area (Å²) in [5.41, 5.74) is 3.74. The number of furan rings is 1. The fourth-order valence-corrected chi connectivity index (χ4v) is 5.10. The lowest BCUT2D eigenvalue weighted by atomic mass is 9.95. The SMILES string of the molecule is C.CNC(=O)c1c(-c2ccc(F)cc2)oc2ccc(-c3cc(C(=O)CCC(C)C)ccc3OCC3CCNC3)cc12. The van der Waals surface area contributed by atoms with Gasteiger partial charge in [-0.1, -0.05) is 27.3 Å². The largest absolute Gasteiger partial charge is 0.493 e. The highest BCUT2D eigenvalue weighted by Crippen LogP contribution is 2.39. The average Bonchev–Trinajstić information content (AvgIpc) is 3.62. The van der Waals surface area contributed by atoms with Gasteiger partial charge in [0.2, 0.25) is 0 Å². The van der Waals surface area contributed by atoms with E-state index in [0.717, 1.165) is 37.1 Å². The molecule has 1 aliphatic rings. The first kappa shape index (κ1) is 30.0. The van der Waals surface area contributed by atoms with Crippen molar-refractivity contribution in [3.8, 4) is 28.2 Å². The van der Waals surface area contributed by atoms with Crippen LogP contribution in [0.25, 0.3) is 33.4 Å². The standard InChI is InChI=1S/C33H35FN2O4.CH4/c1-20(2)4-11-28(37)24-8-12-29(39-19-21-14-15-36-18-21)26(17-24)23-7-13-30-27(16-23)31(33(38)35-3)32(40-30)22-5-9-25(34)10-6-22;/h5-10,12-13,16-17,20-21,36H,4,11,14-15,18-19H2,1-3H3,(H,35,38);1H4. The number of hydrogen-bond acceptors (Lipinski definition) is 5. The molecule has 1 fully saturated rings. The summed E-state index contributed by atoms with van der Waals surface area (Å²) in [6, 6.07) is 17.1. The summed E-state index contributed by atoms with van der Waals surface area (Å²) in [6.45, 7) is 6.70. The quantitative estimate of drug-likeness (QED) is 0.197. The van der Waals surface area contributed by atoms with E-state index >= 15 is 0 Å². The summed E-state index contributed by atoms with van der Waals surface area (Å²) in [5, 5.41) is 6.70. The minimum Gasteiger partial charge on any atom is -0.493 e. The predicted octanol–water partition coefficient (Wildman–Crippen LogP) is 7.51. The van der Waals surface area contributed by atoms with E-state index in [4.69, 9.17) is 9.15 Å². The van der Waals surface area contributed by atoms with E-state index in [-0.39, 0.29) is 24.9 Å². The van der Waals surface area contributed by atoms with Crippen LogP contribution in [0.15, 0.2) is 65.1 Å². The number of halogens is 1. The molecule has 0 spiro atoms. The van der Waals surface area contributed by atoms with Gasteiger partial charge in [0.1, 0.15) is 22.9 Å². The second-order valence-electron chi connectivity index (χ2n) is 10.8. The molecule has 0 aliphatic carbocycles. The van der Waals surface area contributed by atoms with Gasteiger partial charge in [0.25, 0.3) is 5.91 Å². The molecule has 1 saturated heterocycles. The maximum atomic E-state index is 13.6. The van der Waals surface area contributed by atoms with Crippen LogP contribution >= 0.6 is 0 Å². The summed E-state index contributed by atoms with van der Waals surface area (Å²) in [6.07, 6.45) is 2.36. The van der Waals surface area contributed by atoms with Crippen LogP contribution in [0.1, 0.15) is 61.3 Å². The smallest absolute Gasteiger partial charge is 0.255 e. The van der Waals surface area contributed by atoms with E-state index < -0.39 is 0 Å². The normalized spacial score (nSPS) is 14.7. The molecule has 2 heterocycles. The number of benzene rings is 3. The lowest BCUT2D eigenvalue weighted by molar-refractivity contribution is 0.0960. The Morgan fingerprint density at radius 3 is 2.51 bits per heavy atom. The number of ether oxygens (including phenoxy) is 1. The second kappa shape index (κ2) is 13.1. The van der Waals surface area contributed by atoms with Gasteiger partial charge >= 0.3 is 0 Å². The molecule has 5 rings (SSSR count). The van der Waals surface area contributed by atoms with Gasteiger partial charge < -0.3 is 19.8 Å². The van der Waals surface area contributed by atoms with Gasteiger partial charge in [0.15, 0.2) is 5.78 Å². The number of ketones is 1. The highest BCUT2D eigenvalue weighted by molar-refractivity contribution is 6.12. The topological polar surface area (TPSA) is 80.6 Å². The summed E-state index contributed by atoms with van der Waals surface area (Å²) >= 11 is 0. The Hall–Kier alpha value is -3.97. The van der Waals surface area contributed by atoms with Crippen molar-refractivity contribution < 1.29 is 23.1 Å². The van der Waals surface area contributed by atoms with Crippen LogP contribution < -0.4 is 15.4 Å². The van der Waals surface area contributed by atoms with E-state index in [9.17, 15) is 14.0 Å². The van der Waals surface area contributed by atoms with Crippen molar-refractivity contribution in [2.75, 3.05) is 26.7 Å². The molecule has 7 heteroatoms. The molecule has 2 N–H and O–H groups in total. The van der Waals surface area contributed by atoms with Crippen LogP contribution in [0.3, 0.4) is 0 Å². The number of carbonyl (C=O) groups excluding carboxylic acids is 2. The number of carbonyl (C=O) groups is 2. The van der Waals surface area contributed by atoms with Crippen LogP contribution in [0.2, 0.25) is 0 Å². The first-order chi connectivity index (χ1) is 19.3. The van der Waals surface area contributed by atoms with Gasteiger partial charge in [-0.2, -0.15) is 0 Å². The molecule has 1 amide bonds. The average molecular weight is 559 g/mol. The third kappa shape index (κ3) is 6.68. The molecule has 3 aromatic carbocycles. The van der Waals surface area contributed by atoms with Crippen LogP contribution in [0.4, 0.5) is 4.39 Å². The van der Waals surface area contributed by atoms with E-state index in [1.807, 2.05) is 36.4 Å². The van der Waals surface area contributed by atoms with Crippen LogP contribution in [0.5, 0.6) is 5.75 Å². The van der Waals surface area contributed by atoms with E-state index in [1.54, 1.807) is 19.2 Å². The van der Waals surface area contributed by atoms with Crippen molar-refractivity contribution >= 4 is 22.7 Å². The molecule has 4 aromatic rings. The van der Waals surface area contributed by atoms with E-state index in [1.165, 1.54) is 12.1 Å². The maximum absolute atomic E-state index is 13.6. The summed E-state index contributed by atoms with van der Waals surface area (Å²) < 4.78 is 26.0. The lowest BCUT2D eigenvalue weighted by Gasteiger charge is -2.16. The third-order valence-electron chi connectivity index (χ3n) is 7.45. The molecule has 1 unspecified atom stereocenters. The van der Waals surface area contributed by atoms with Gasteiger partial charge in [-0.25, -0.2) is 4.39 Å². The third-order valence-corrected chi connectivity index (χ3v) is 7.45. The number of Topliss-reactive ketones (excluding diaryl/α,β-unsaturated/α-hetero) is 1. The van der Waals surface area contributed by atoms with Crippen LogP contribution in [-0.4, -0.2) is 38.4 Å². The summed E-state index contributed by atoms with van der Waals surface area (Å²) in [5.74, 6) is 1.34. The van der Waals surface area contributed by atoms with Crippen LogP contribution in [0, 0.1) is 17.7 Å². The molecular formula is C34H39FN2O4. The summed E-state index contributed by atoms with van der Waals surface area (Å²) in [7, 11) is 1.57. The Morgan fingerprint density at radius 1 is 1.07 bits per heavy atom. The molecule has 0 saturated carbocycles. The molecule has 1 aromatic heterocycles. The molecule has 216 valence electrons. The van der Waals surface area contributed by atoms with Crippen molar-refractivity contribution in [1.29, 1.82) is 0 Å². The zero-order valence-corrected chi connectivity index (χ0v) is 23.2. The molecule has 6 nitrogen and oxygen atoms in total. The monoisotopic (exact) mass is 558 g/mol. The number of fused-ring (bicyclic) bond motifs is 1. The molecule has 1 atom stereocenters. The minimum absolute atomic E-state index is 0. The van der Waals surface area contributed by atoms with Gasteiger partial charge in [-0.3, -0.25) is 9.59 Å². The highest BCUT2D eigenvalue weighted by atomic mass is 19.1. The molecule has 0 bridgehead atoms. The van der Waals surface area contributed by atoms with Crippen molar-refractivity contribution in [1.82, 2.24) is 10.6 Å². The number of hydrogen-bond donors (Lipinski definition) is 2. The van der Waals surface area contributed by atoms with E-state index in [0.29, 0.717) is 64.0 Å². The van der Waals surface area contributed by atoms with Crippen molar-refractivity contribution in [3.63, 3.8) is 0 Å². The molecular weight excluding hydrogens is 519 g/mol. The Morgan fingerprint density at radius 2 is 1.83 bits per heavy atom. The Balaban J connectivity index is 0.00000387. The Bertz CT molecular complexity index is 1520.